The number of nitrogens with zero attached hydrogens (tertiary/aromatic N) is 2. The van der Waals surface area contributed by atoms with E-state index in [9.17, 15) is 0 Å². The van der Waals surface area contributed by atoms with Crippen LogP contribution in [-0.2, 0) is 0 Å². The molecule has 0 saturated heterocycles. The molecule has 1 aliphatic heterocycles. The molecule has 0 aromatic carbocycles. The highest BCUT2D eigenvalue weighted by Gasteiger charge is 2.16. The monoisotopic (exact) mass is 98.0 g/mol. The van der Waals surface area contributed by atoms with Crippen molar-refractivity contribution in [3.63, 3.8) is 0 Å². The predicted molar refractivity (Wildman–Crippen MR) is 23.5 cm³/mol. The van der Waals surface area contributed by atoms with Gasteiger partial charge in [-0.15, -0.1) is 0 Å². The number of hydrogen-bond acceptors (Lipinski definition) is 2. The number of aromatic nitrogens is 2. The first kappa shape index (κ1) is 2.69. The highest BCUT2D eigenvalue weighted by Crippen LogP contribution is 2.33. The van der Waals surface area contributed by atoms with Crippen LogP contribution in [0.25, 0.3) is 0 Å². The molecule has 0 atom stereocenters. The Hall–Kier alpha value is -0.440. The number of fused-ring (bicyclic) bond motifs is 1. The van der Waals surface area contributed by atoms with E-state index < -0.39 is 0 Å². The van der Waals surface area contributed by atoms with E-state index in [1.807, 2.05) is 10.2 Å². The van der Waals surface area contributed by atoms with Gasteiger partial charge in [-0.2, -0.15) is 0 Å². The Kier molecular flexibility index (Phi) is 0.283. The molecule has 2 nitrogen and oxygen atoms in total. The van der Waals surface area contributed by atoms with Crippen LogP contribution in [0.4, 0.5) is 0 Å². The maximum absolute atomic E-state index is 3.94. The van der Waals surface area contributed by atoms with E-state index in [0.29, 0.717) is 0 Å². The summed E-state index contributed by atoms with van der Waals surface area (Å²) in [6.45, 7) is 0. The third-order valence-corrected chi connectivity index (χ3v) is 1.51. The van der Waals surface area contributed by atoms with E-state index in [1.165, 1.54) is 0 Å². The summed E-state index contributed by atoms with van der Waals surface area (Å²) in [7, 11) is 0. The predicted octanol–water partition coefficient (Wildman–Crippen LogP) is 0.752. The second kappa shape index (κ2) is 0.632. The van der Waals surface area contributed by atoms with Crippen LogP contribution in [0.5, 0.6) is 0 Å². The molecule has 2 heterocycles. The van der Waals surface area contributed by atoms with Crippen LogP contribution in [0.15, 0.2) is 17.6 Å². The van der Waals surface area contributed by atoms with Crippen molar-refractivity contribution in [2.24, 2.45) is 0 Å². The van der Waals surface area contributed by atoms with Gasteiger partial charge in [0.15, 0.2) is 5.16 Å². The SMILES string of the molecule is c1cn2c(n1)S2. The first-order valence-electron chi connectivity index (χ1n) is 1.68. The van der Waals surface area contributed by atoms with E-state index >= 15 is 0 Å². The van der Waals surface area contributed by atoms with Crippen LogP contribution in [0.1, 0.15) is 0 Å². The Balaban J connectivity index is 2.88. The summed E-state index contributed by atoms with van der Waals surface area (Å²) in [5.74, 6) is 0. The Morgan fingerprint density at radius 1 is 1.83 bits per heavy atom. The van der Waals surface area contributed by atoms with E-state index in [1.54, 1.807) is 18.1 Å². The number of rotatable bonds is 0. The summed E-state index contributed by atoms with van der Waals surface area (Å²) in [4.78, 5) is 3.94. The van der Waals surface area contributed by atoms with Gasteiger partial charge in [-0.1, -0.05) is 0 Å². The first-order valence-corrected chi connectivity index (χ1v) is 2.46. The van der Waals surface area contributed by atoms with Gasteiger partial charge in [0.1, 0.15) is 0 Å². The summed E-state index contributed by atoms with van der Waals surface area (Å²) in [5, 5.41) is 1.13. The minimum absolute atomic E-state index is 1.13. The lowest BCUT2D eigenvalue weighted by Gasteiger charge is -1.57. The van der Waals surface area contributed by atoms with Crippen molar-refractivity contribution >= 4 is 11.9 Å². The molecule has 1 aromatic rings. The van der Waals surface area contributed by atoms with Crippen molar-refractivity contribution in [1.82, 2.24) is 8.96 Å². The quantitative estimate of drug-likeness (QED) is 0.452. The van der Waals surface area contributed by atoms with Crippen LogP contribution in [0.3, 0.4) is 0 Å². The lowest BCUT2D eigenvalue weighted by Crippen LogP contribution is -1.47. The standard InChI is InChI=1S/C3H2N2S/c1-2-5-3(4-1)6-5/h1-2H. The van der Waals surface area contributed by atoms with E-state index in [-0.39, 0.29) is 0 Å². The summed E-state index contributed by atoms with van der Waals surface area (Å²) in [6.07, 6.45) is 3.74. The average Bonchev–Trinajstić information content (AvgIpc) is 2.17. The van der Waals surface area contributed by atoms with Crippen LogP contribution in [0.2, 0.25) is 0 Å². The summed E-state index contributed by atoms with van der Waals surface area (Å²) < 4.78 is 2.01. The van der Waals surface area contributed by atoms with Crippen molar-refractivity contribution in [1.29, 1.82) is 0 Å². The van der Waals surface area contributed by atoms with Gasteiger partial charge in [-0.3, -0.25) is 3.97 Å². The maximum atomic E-state index is 3.94. The van der Waals surface area contributed by atoms with Crippen molar-refractivity contribution < 1.29 is 0 Å². The van der Waals surface area contributed by atoms with Crippen LogP contribution in [-0.4, -0.2) is 8.96 Å². The number of hydrogen-bond donors (Lipinski definition) is 0. The second-order valence-corrected chi connectivity index (χ2v) is 2.07. The zero-order valence-corrected chi connectivity index (χ0v) is 3.77. The Bertz CT molecular complexity index is 153. The molecule has 0 N–H and O–H groups in total. The molecule has 0 spiro atoms. The summed E-state index contributed by atoms with van der Waals surface area (Å²) in [6, 6.07) is 0. The maximum Gasteiger partial charge on any atom is 0.200 e. The normalized spacial score (nSPS) is 14.0. The van der Waals surface area contributed by atoms with Crippen molar-refractivity contribution in [3.05, 3.63) is 12.4 Å². The third kappa shape index (κ3) is 0.175. The highest BCUT2D eigenvalue weighted by molar-refractivity contribution is 8.02. The first-order chi connectivity index (χ1) is 2.97. The average molecular weight is 98.1 g/mol. The van der Waals surface area contributed by atoms with Crippen molar-refractivity contribution in [2.45, 2.75) is 5.16 Å². The zero-order chi connectivity index (χ0) is 3.98. The Morgan fingerprint density at radius 3 is 3.00 bits per heavy atom. The molecular weight excluding hydrogens is 96.1 g/mol. The van der Waals surface area contributed by atoms with Gasteiger partial charge in [0.25, 0.3) is 0 Å². The molecule has 0 saturated carbocycles. The van der Waals surface area contributed by atoms with E-state index in [0.717, 1.165) is 5.16 Å². The van der Waals surface area contributed by atoms with Gasteiger partial charge in [0.2, 0.25) is 0 Å². The molecule has 6 heavy (non-hydrogen) atoms. The molecule has 0 bridgehead atoms. The van der Waals surface area contributed by atoms with Gasteiger partial charge < -0.3 is 0 Å². The van der Waals surface area contributed by atoms with Gasteiger partial charge in [-0.05, 0) is 0 Å². The fourth-order valence-electron chi connectivity index (χ4n) is 0.400. The molecule has 0 radical (unpaired) electrons. The molecular formula is C3H2N2S. The molecule has 0 fully saturated rings. The van der Waals surface area contributed by atoms with E-state index in [4.69, 9.17) is 0 Å². The van der Waals surface area contributed by atoms with Gasteiger partial charge >= 0.3 is 0 Å². The molecule has 1 aromatic heterocycles. The summed E-state index contributed by atoms with van der Waals surface area (Å²) in [5.41, 5.74) is 0. The molecule has 2 rings (SSSR count). The Morgan fingerprint density at radius 2 is 2.83 bits per heavy atom. The van der Waals surface area contributed by atoms with Crippen LogP contribution < -0.4 is 0 Å². The lowest BCUT2D eigenvalue weighted by atomic mass is 11.0. The molecule has 0 unspecified atom stereocenters. The largest absolute Gasteiger partial charge is 0.260 e. The van der Waals surface area contributed by atoms with Crippen LogP contribution >= 0.6 is 11.9 Å². The number of imidazole rings is 1. The molecule has 3 heteroatoms. The lowest BCUT2D eigenvalue weighted by molar-refractivity contribution is 1.12. The van der Waals surface area contributed by atoms with Gasteiger partial charge in [-0.25, -0.2) is 4.98 Å². The topological polar surface area (TPSA) is 17.8 Å². The molecule has 1 aliphatic rings. The van der Waals surface area contributed by atoms with Gasteiger partial charge in [0, 0.05) is 24.3 Å². The fourth-order valence-corrected chi connectivity index (χ4v) is 0.866. The zero-order valence-electron chi connectivity index (χ0n) is 2.96. The molecule has 30 valence electrons. The Labute approximate surface area is 39.3 Å². The summed E-state index contributed by atoms with van der Waals surface area (Å²) >= 11 is 1.67. The van der Waals surface area contributed by atoms with Crippen LogP contribution in [0, 0.1) is 0 Å². The van der Waals surface area contributed by atoms with Crippen molar-refractivity contribution in [2.75, 3.05) is 0 Å². The fraction of sp³-hybridized carbons (Fsp3) is 0. The smallest absolute Gasteiger partial charge is 0.200 e. The molecule has 0 aliphatic carbocycles. The third-order valence-electron chi connectivity index (χ3n) is 0.723. The highest BCUT2D eigenvalue weighted by atomic mass is 32.2. The van der Waals surface area contributed by atoms with Crippen molar-refractivity contribution in [3.8, 4) is 0 Å². The molecule has 0 amide bonds. The minimum atomic E-state index is 1.13. The second-order valence-electron chi connectivity index (χ2n) is 1.13. The van der Waals surface area contributed by atoms with Gasteiger partial charge in [0.05, 0.1) is 0 Å². The van der Waals surface area contributed by atoms with E-state index in [2.05, 4.69) is 4.98 Å². The minimum Gasteiger partial charge on any atom is -0.260 e.